The third-order valence-electron chi connectivity index (χ3n) is 5.68. The molecule has 0 radical (unpaired) electrons. The highest BCUT2D eigenvalue weighted by Crippen LogP contribution is 2.39. The van der Waals surface area contributed by atoms with Crippen LogP contribution in [0.1, 0.15) is 51.6 Å². The molecular weight excluding hydrogens is 468 g/mol. The fraction of sp³-hybridized carbons (Fsp3) is 0.167. The molecule has 1 aliphatic rings. The first-order valence-electron chi connectivity index (χ1n) is 10.4. The van der Waals surface area contributed by atoms with Gasteiger partial charge >= 0.3 is 6.43 Å². The van der Waals surface area contributed by atoms with Crippen molar-refractivity contribution >= 4 is 5.91 Å². The third-order valence-corrected chi connectivity index (χ3v) is 5.68. The number of amides is 1. The lowest BCUT2D eigenvalue weighted by Crippen LogP contribution is -2.34. The van der Waals surface area contributed by atoms with Crippen LogP contribution in [0.5, 0.6) is 0 Å². The maximum Gasteiger partial charge on any atom is 0.314 e. The molecule has 0 spiro atoms. The van der Waals surface area contributed by atoms with E-state index in [-0.39, 0.29) is 34.8 Å². The quantitative estimate of drug-likeness (QED) is 0.313. The molecule has 0 saturated carbocycles. The van der Waals surface area contributed by atoms with E-state index in [0.717, 1.165) is 12.1 Å². The van der Waals surface area contributed by atoms with Crippen LogP contribution in [0.25, 0.3) is 11.5 Å². The Morgan fingerprint density at radius 2 is 1.80 bits per heavy atom. The summed E-state index contributed by atoms with van der Waals surface area (Å²) in [6.45, 7) is 0.0375. The second-order valence-corrected chi connectivity index (χ2v) is 7.88. The molecule has 11 heteroatoms. The number of nitrogens with zero attached hydrogens (tertiary/aromatic N) is 4. The molecule has 0 saturated heterocycles. The molecule has 2 unspecified atom stereocenters. The van der Waals surface area contributed by atoms with Crippen LogP contribution >= 0.6 is 0 Å². The number of pyridine rings is 1. The highest BCUT2D eigenvalue weighted by atomic mass is 19.3. The van der Waals surface area contributed by atoms with Gasteiger partial charge in [-0.1, -0.05) is 24.3 Å². The van der Waals surface area contributed by atoms with Crippen molar-refractivity contribution in [3.05, 3.63) is 101 Å². The maximum absolute atomic E-state index is 14.0. The molecule has 2 atom stereocenters. The summed E-state index contributed by atoms with van der Waals surface area (Å²) in [6, 6.07) is 12.6. The van der Waals surface area contributed by atoms with E-state index < -0.39 is 42.1 Å². The number of aliphatic hydroxyl groups is 1. The molecule has 1 aliphatic heterocycles. The van der Waals surface area contributed by atoms with Crippen LogP contribution in [0.4, 0.5) is 17.6 Å². The number of aromatic nitrogens is 3. The Hall–Kier alpha value is -4.12. The summed E-state index contributed by atoms with van der Waals surface area (Å²) in [7, 11) is 0. The van der Waals surface area contributed by atoms with E-state index >= 15 is 0 Å². The number of hydrogen-bond acceptors (Lipinski definition) is 6. The van der Waals surface area contributed by atoms with Crippen LogP contribution in [-0.2, 0) is 6.54 Å². The molecular formula is C24H16F4N4O3. The van der Waals surface area contributed by atoms with Crippen LogP contribution in [0.3, 0.4) is 0 Å². The summed E-state index contributed by atoms with van der Waals surface area (Å²) in [6.07, 6.45) is -4.37. The lowest BCUT2D eigenvalue weighted by Gasteiger charge is -2.31. The molecule has 3 heterocycles. The van der Waals surface area contributed by atoms with Crippen molar-refractivity contribution in [2.45, 2.75) is 25.1 Å². The Kier molecular flexibility index (Phi) is 5.77. The van der Waals surface area contributed by atoms with E-state index in [2.05, 4.69) is 15.2 Å². The molecule has 1 N–H and O–H groups in total. The predicted octanol–water partition coefficient (Wildman–Crippen LogP) is 4.78. The molecule has 178 valence electrons. The smallest absolute Gasteiger partial charge is 0.314 e. The molecule has 2 aromatic carbocycles. The van der Waals surface area contributed by atoms with Gasteiger partial charge in [0.05, 0.1) is 5.69 Å². The van der Waals surface area contributed by atoms with Gasteiger partial charge in [0.2, 0.25) is 11.8 Å². The number of aliphatic hydroxyl groups excluding tert-OH is 1. The molecule has 0 fully saturated rings. The first-order valence-corrected chi connectivity index (χ1v) is 10.4. The highest BCUT2D eigenvalue weighted by Gasteiger charge is 2.39. The molecule has 1 amide bonds. The second kappa shape index (κ2) is 8.91. The van der Waals surface area contributed by atoms with Gasteiger partial charge in [-0.25, -0.2) is 9.37 Å². The lowest BCUT2D eigenvalue weighted by molar-refractivity contribution is 0.0343. The molecule has 0 bridgehead atoms. The maximum atomic E-state index is 14.0. The van der Waals surface area contributed by atoms with Crippen molar-refractivity contribution in [3.8, 4) is 11.5 Å². The van der Waals surface area contributed by atoms with Gasteiger partial charge in [-0.3, -0.25) is 4.79 Å². The first kappa shape index (κ1) is 22.7. The van der Waals surface area contributed by atoms with Gasteiger partial charge < -0.3 is 14.4 Å². The zero-order chi connectivity index (χ0) is 24.7. The van der Waals surface area contributed by atoms with Gasteiger partial charge in [-0.15, -0.1) is 10.2 Å². The number of halogens is 4. The zero-order valence-electron chi connectivity index (χ0n) is 17.8. The van der Waals surface area contributed by atoms with Gasteiger partial charge in [0, 0.05) is 17.7 Å². The zero-order valence-corrected chi connectivity index (χ0v) is 17.8. The molecule has 7 nitrogen and oxygen atoms in total. The Labute approximate surface area is 195 Å². The molecule has 0 aliphatic carbocycles. The summed E-state index contributed by atoms with van der Waals surface area (Å²) in [5.74, 6) is -2.95. The van der Waals surface area contributed by atoms with Crippen molar-refractivity contribution in [3.63, 3.8) is 0 Å². The van der Waals surface area contributed by atoms with E-state index in [1.54, 1.807) is 6.07 Å². The second-order valence-electron chi connectivity index (χ2n) is 7.88. The number of fused-ring (bicyclic) bond motifs is 1. The Balaban J connectivity index is 1.53. The number of hydrogen-bond donors (Lipinski definition) is 1. The fourth-order valence-corrected chi connectivity index (χ4v) is 4.07. The normalized spacial score (nSPS) is 14.9. The van der Waals surface area contributed by atoms with Gasteiger partial charge in [-0.05, 0) is 47.5 Å². The minimum absolute atomic E-state index is 0.0375. The van der Waals surface area contributed by atoms with Crippen LogP contribution < -0.4 is 0 Å². The lowest BCUT2D eigenvalue weighted by atomic mass is 9.97. The van der Waals surface area contributed by atoms with Crippen molar-refractivity contribution in [1.29, 1.82) is 0 Å². The number of alkyl halides is 2. The van der Waals surface area contributed by atoms with Crippen LogP contribution in [0.15, 0.2) is 65.1 Å². The largest absolute Gasteiger partial charge is 0.415 e. The van der Waals surface area contributed by atoms with Gasteiger partial charge in [0.1, 0.15) is 18.0 Å². The van der Waals surface area contributed by atoms with E-state index in [0.29, 0.717) is 5.56 Å². The number of carbonyl (C=O) groups excluding carboxylic acids is 1. The van der Waals surface area contributed by atoms with Gasteiger partial charge in [0.15, 0.2) is 0 Å². The predicted molar refractivity (Wildman–Crippen MR) is 113 cm³/mol. The number of benzene rings is 2. The Bertz CT molecular complexity index is 1410. The minimum Gasteiger partial charge on any atom is -0.415 e. The summed E-state index contributed by atoms with van der Waals surface area (Å²) in [5.41, 5.74) is 1.29. The van der Waals surface area contributed by atoms with Crippen molar-refractivity contribution in [1.82, 2.24) is 20.1 Å². The average Bonchev–Trinajstić information content (AvgIpc) is 3.45. The van der Waals surface area contributed by atoms with E-state index in [9.17, 15) is 27.5 Å². The van der Waals surface area contributed by atoms with E-state index in [4.69, 9.17) is 4.42 Å². The Morgan fingerprint density at radius 1 is 1.00 bits per heavy atom. The van der Waals surface area contributed by atoms with Crippen molar-refractivity contribution < 1.29 is 31.9 Å². The summed E-state index contributed by atoms with van der Waals surface area (Å²) < 4.78 is 58.4. The summed E-state index contributed by atoms with van der Waals surface area (Å²) >= 11 is 0. The number of carbonyl (C=O) groups is 1. The standard InChI is InChI=1S/C24H16F4N4O3/c25-15-4-1-3-12(9-15)20(33)19(17-5-2-6-18(26)29-17)32-11-14-8-7-13(10-16(14)24(32)34)22-30-31-23(35-22)21(27)28/h1-10,19-21,33H,11H2. The van der Waals surface area contributed by atoms with Crippen molar-refractivity contribution in [2.24, 2.45) is 0 Å². The van der Waals surface area contributed by atoms with Crippen LogP contribution in [0, 0.1) is 11.8 Å². The SMILES string of the molecule is O=C1c2cc(-c3nnc(C(F)F)o3)ccc2CN1C(c1cccc(F)n1)C(O)c1cccc(F)c1. The third kappa shape index (κ3) is 4.26. The van der Waals surface area contributed by atoms with Crippen molar-refractivity contribution in [2.75, 3.05) is 0 Å². The van der Waals surface area contributed by atoms with E-state index in [1.807, 2.05) is 0 Å². The number of rotatable bonds is 6. The Morgan fingerprint density at radius 3 is 2.51 bits per heavy atom. The average molecular weight is 484 g/mol. The molecule has 35 heavy (non-hydrogen) atoms. The monoisotopic (exact) mass is 484 g/mol. The summed E-state index contributed by atoms with van der Waals surface area (Å²) in [4.78, 5) is 18.6. The van der Waals surface area contributed by atoms with E-state index in [1.165, 1.54) is 47.4 Å². The summed E-state index contributed by atoms with van der Waals surface area (Å²) in [5, 5.41) is 18.1. The van der Waals surface area contributed by atoms with Gasteiger partial charge in [0.25, 0.3) is 11.8 Å². The molecule has 5 rings (SSSR count). The highest BCUT2D eigenvalue weighted by molar-refractivity contribution is 5.99. The van der Waals surface area contributed by atoms with Crippen LogP contribution in [0.2, 0.25) is 0 Å². The first-order chi connectivity index (χ1) is 16.8. The molecule has 4 aromatic rings. The molecule has 2 aromatic heterocycles. The minimum atomic E-state index is -2.94. The fourth-order valence-electron chi connectivity index (χ4n) is 4.07. The van der Waals surface area contributed by atoms with Crippen LogP contribution in [-0.4, -0.2) is 31.1 Å². The topological polar surface area (TPSA) is 92.4 Å². The van der Waals surface area contributed by atoms with Gasteiger partial charge in [-0.2, -0.15) is 13.2 Å².